The molecule has 0 saturated carbocycles. The number of amides is 1. The normalized spacial score (nSPS) is 12.0. The van der Waals surface area contributed by atoms with Crippen LogP contribution in [0.3, 0.4) is 0 Å². The molecule has 1 amide bonds. The summed E-state index contributed by atoms with van der Waals surface area (Å²) in [5.41, 5.74) is 6.36. The van der Waals surface area contributed by atoms with Crippen LogP contribution < -0.4 is 5.32 Å². The lowest BCUT2D eigenvalue weighted by atomic mass is 10.0. The molecule has 0 spiro atoms. The molecule has 2 N–H and O–H groups in total. The number of halogens is 1. The number of aromatic nitrogens is 2. The van der Waals surface area contributed by atoms with E-state index in [0.717, 1.165) is 39.6 Å². The van der Waals surface area contributed by atoms with Crippen LogP contribution in [0.15, 0.2) is 65.8 Å². The zero-order valence-corrected chi connectivity index (χ0v) is 19.3. The number of H-pyrrole nitrogens is 1. The molecule has 4 aromatic rings. The number of aromatic amines is 1. The Morgan fingerprint density at radius 1 is 1.19 bits per heavy atom. The topological polar surface area (TPSA) is 74.8 Å². The molecule has 0 radical (unpaired) electrons. The number of nitrogens with zero attached hydrogens (tertiary/aromatic N) is 1. The minimum Gasteiger partial charge on any atom is -0.333 e. The van der Waals surface area contributed by atoms with Gasteiger partial charge in [0.15, 0.2) is 5.16 Å². The number of imidazole rings is 1. The van der Waals surface area contributed by atoms with E-state index in [2.05, 4.69) is 10.3 Å². The first-order valence-corrected chi connectivity index (χ1v) is 11.5. The van der Waals surface area contributed by atoms with Gasteiger partial charge in [0.25, 0.3) is 0 Å². The number of benzene rings is 3. The maximum absolute atomic E-state index is 12.7. The Morgan fingerprint density at radius 3 is 2.69 bits per heavy atom. The van der Waals surface area contributed by atoms with Crippen LogP contribution in [0.5, 0.6) is 0 Å². The van der Waals surface area contributed by atoms with Crippen LogP contribution in [0.2, 0.25) is 5.02 Å². The van der Waals surface area contributed by atoms with Gasteiger partial charge >= 0.3 is 0 Å². The summed E-state index contributed by atoms with van der Waals surface area (Å²) in [5, 5.41) is 3.70. The van der Waals surface area contributed by atoms with Crippen molar-refractivity contribution in [1.29, 1.82) is 0 Å². The number of hydrogen-bond acceptors (Lipinski definition) is 4. The molecule has 1 unspecified atom stereocenters. The van der Waals surface area contributed by atoms with Gasteiger partial charge in [-0.2, -0.15) is 0 Å². The number of aryl methyl sites for hydroxylation is 1. The van der Waals surface area contributed by atoms with Crippen LogP contribution in [0.4, 0.5) is 5.69 Å². The minimum absolute atomic E-state index is 0.146. The van der Waals surface area contributed by atoms with E-state index in [4.69, 9.17) is 16.6 Å². The predicted molar refractivity (Wildman–Crippen MR) is 131 cm³/mol. The third-order valence-corrected chi connectivity index (χ3v) is 6.41. The van der Waals surface area contributed by atoms with Crippen LogP contribution in [0, 0.1) is 6.92 Å². The fraction of sp³-hybridized carbons (Fsp3) is 0.160. The van der Waals surface area contributed by atoms with E-state index >= 15 is 0 Å². The van der Waals surface area contributed by atoms with Crippen molar-refractivity contribution >= 4 is 52.3 Å². The Balaban J connectivity index is 1.53. The van der Waals surface area contributed by atoms with Gasteiger partial charge in [0.1, 0.15) is 6.29 Å². The Morgan fingerprint density at radius 2 is 1.97 bits per heavy atom. The van der Waals surface area contributed by atoms with E-state index in [-0.39, 0.29) is 11.2 Å². The summed E-state index contributed by atoms with van der Waals surface area (Å²) in [5.74, 6) is -0.146. The maximum atomic E-state index is 12.7. The molecule has 0 fully saturated rings. The molecule has 0 aliphatic carbocycles. The quantitative estimate of drug-likeness (QED) is 0.258. The van der Waals surface area contributed by atoms with E-state index in [0.29, 0.717) is 22.3 Å². The van der Waals surface area contributed by atoms with Crippen molar-refractivity contribution in [1.82, 2.24) is 9.97 Å². The standard InChI is InChI=1S/C25H22ClN3O2S/c1-15-6-11-21(20(26)14-15)27-24(31)16(2)32-25-28-22-5-3-4-19(23(22)29-25)18-9-7-17(8-10-18)12-13-30/h3-11,13-14,16H,12H2,1-2H3,(H,27,31)(H,28,29). The number of carbonyl (C=O) groups excluding carboxylic acids is 2. The molecule has 0 aliphatic rings. The lowest BCUT2D eigenvalue weighted by Crippen LogP contribution is -2.22. The molecule has 1 atom stereocenters. The van der Waals surface area contributed by atoms with Crippen LogP contribution >= 0.6 is 23.4 Å². The molecular formula is C25H22ClN3O2S. The van der Waals surface area contributed by atoms with Gasteiger partial charge in [-0.1, -0.05) is 65.8 Å². The number of fused-ring (bicyclic) bond motifs is 1. The Kier molecular flexibility index (Phi) is 6.63. The number of nitrogens with one attached hydrogen (secondary N) is 2. The number of anilines is 1. The highest BCUT2D eigenvalue weighted by molar-refractivity contribution is 8.00. The van der Waals surface area contributed by atoms with E-state index in [9.17, 15) is 9.59 Å². The van der Waals surface area contributed by atoms with E-state index in [1.54, 1.807) is 6.07 Å². The molecular weight excluding hydrogens is 442 g/mol. The van der Waals surface area contributed by atoms with Crippen molar-refractivity contribution < 1.29 is 9.59 Å². The number of carbonyl (C=O) groups is 2. The summed E-state index contributed by atoms with van der Waals surface area (Å²) in [6.45, 7) is 3.79. The van der Waals surface area contributed by atoms with Crippen LogP contribution in [0.25, 0.3) is 22.2 Å². The summed E-state index contributed by atoms with van der Waals surface area (Å²) < 4.78 is 0. The van der Waals surface area contributed by atoms with Gasteiger partial charge in [0.2, 0.25) is 5.91 Å². The Hall–Kier alpha value is -3.09. The van der Waals surface area contributed by atoms with Gasteiger partial charge in [-0.3, -0.25) is 4.79 Å². The molecule has 4 rings (SSSR count). The molecule has 162 valence electrons. The van der Waals surface area contributed by atoms with Gasteiger partial charge in [-0.15, -0.1) is 0 Å². The second-order valence-corrected chi connectivity index (χ2v) is 9.28. The van der Waals surface area contributed by atoms with Gasteiger partial charge in [0, 0.05) is 12.0 Å². The first-order chi connectivity index (χ1) is 15.4. The number of rotatable bonds is 7. The summed E-state index contributed by atoms with van der Waals surface area (Å²) in [6, 6.07) is 19.4. The highest BCUT2D eigenvalue weighted by Crippen LogP contribution is 2.31. The van der Waals surface area contributed by atoms with Gasteiger partial charge < -0.3 is 15.1 Å². The number of para-hydroxylation sites is 1. The van der Waals surface area contributed by atoms with E-state index < -0.39 is 0 Å². The van der Waals surface area contributed by atoms with Crippen LogP contribution in [-0.2, 0) is 16.0 Å². The molecule has 3 aromatic carbocycles. The minimum atomic E-state index is -0.376. The average Bonchev–Trinajstić information content (AvgIpc) is 3.19. The zero-order valence-electron chi connectivity index (χ0n) is 17.7. The van der Waals surface area contributed by atoms with Crippen molar-refractivity contribution in [2.45, 2.75) is 30.7 Å². The fourth-order valence-electron chi connectivity index (χ4n) is 3.39. The summed E-state index contributed by atoms with van der Waals surface area (Å²) in [4.78, 5) is 31.5. The number of hydrogen-bond donors (Lipinski definition) is 2. The van der Waals surface area contributed by atoms with Crippen molar-refractivity contribution in [2.75, 3.05) is 5.32 Å². The van der Waals surface area contributed by atoms with Crippen molar-refractivity contribution in [3.05, 3.63) is 76.8 Å². The van der Waals surface area contributed by atoms with Gasteiger partial charge in [0.05, 0.1) is 27.0 Å². The molecule has 0 saturated heterocycles. The third kappa shape index (κ3) is 4.87. The lowest BCUT2D eigenvalue weighted by Gasteiger charge is -2.12. The predicted octanol–water partition coefficient (Wildman–Crippen LogP) is 6.05. The Bertz CT molecular complexity index is 1280. The van der Waals surface area contributed by atoms with Crippen molar-refractivity contribution in [3.63, 3.8) is 0 Å². The second-order valence-electron chi connectivity index (χ2n) is 7.54. The molecule has 1 heterocycles. The highest BCUT2D eigenvalue weighted by Gasteiger charge is 2.18. The SMILES string of the molecule is Cc1ccc(NC(=O)C(C)Sc2nc3c(-c4ccc(CC=O)cc4)cccc3[nH]2)c(Cl)c1. The maximum Gasteiger partial charge on any atom is 0.237 e. The average molecular weight is 464 g/mol. The molecule has 0 aliphatic heterocycles. The fourth-order valence-corrected chi connectivity index (χ4v) is 4.49. The smallest absolute Gasteiger partial charge is 0.237 e. The first kappa shape index (κ1) is 22.1. The lowest BCUT2D eigenvalue weighted by molar-refractivity contribution is -0.115. The highest BCUT2D eigenvalue weighted by atomic mass is 35.5. The second kappa shape index (κ2) is 9.59. The van der Waals surface area contributed by atoms with E-state index in [1.807, 2.05) is 68.4 Å². The summed E-state index contributed by atoms with van der Waals surface area (Å²) in [7, 11) is 0. The monoisotopic (exact) mass is 463 g/mol. The van der Waals surface area contributed by atoms with Gasteiger partial charge in [-0.05, 0) is 48.7 Å². The molecule has 5 nitrogen and oxygen atoms in total. The largest absolute Gasteiger partial charge is 0.333 e. The zero-order chi connectivity index (χ0) is 22.7. The van der Waals surface area contributed by atoms with Crippen molar-refractivity contribution in [3.8, 4) is 11.1 Å². The number of thioether (sulfide) groups is 1. The Labute approximate surface area is 195 Å². The molecule has 7 heteroatoms. The third-order valence-electron chi connectivity index (χ3n) is 5.12. The van der Waals surface area contributed by atoms with Crippen LogP contribution in [0.1, 0.15) is 18.1 Å². The van der Waals surface area contributed by atoms with E-state index in [1.165, 1.54) is 11.8 Å². The summed E-state index contributed by atoms with van der Waals surface area (Å²) in [6.07, 6.45) is 1.30. The summed E-state index contributed by atoms with van der Waals surface area (Å²) >= 11 is 7.60. The molecule has 0 bridgehead atoms. The molecule has 32 heavy (non-hydrogen) atoms. The van der Waals surface area contributed by atoms with Gasteiger partial charge in [-0.25, -0.2) is 4.98 Å². The first-order valence-electron chi connectivity index (χ1n) is 10.2. The van der Waals surface area contributed by atoms with Crippen molar-refractivity contribution in [2.24, 2.45) is 0 Å². The van der Waals surface area contributed by atoms with Crippen LogP contribution in [-0.4, -0.2) is 27.4 Å². The molecule has 1 aromatic heterocycles. The number of aldehydes is 1.